The zero-order valence-corrected chi connectivity index (χ0v) is 12.7. The minimum absolute atomic E-state index is 0.0463. The molecule has 0 aromatic heterocycles. The van der Waals surface area contributed by atoms with Crippen LogP contribution >= 0.6 is 0 Å². The summed E-state index contributed by atoms with van der Waals surface area (Å²) < 4.78 is 0. The van der Waals surface area contributed by atoms with Gasteiger partial charge in [-0.3, -0.25) is 4.79 Å². The van der Waals surface area contributed by atoms with Crippen LogP contribution in [0.15, 0.2) is 11.8 Å². The fraction of sp³-hybridized carbons (Fsp3) is 0.733. The monoisotopic (exact) mass is 295 g/mol. The lowest BCUT2D eigenvalue weighted by Crippen LogP contribution is -2.37. The molecule has 0 heterocycles. The first kappa shape index (κ1) is 17.5. The Balaban J connectivity index is 2.76. The van der Waals surface area contributed by atoms with E-state index in [1.54, 1.807) is 6.20 Å². The molecule has 1 aliphatic carbocycles. The van der Waals surface area contributed by atoms with Gasteiger partial charge in [-0.25, -0.2) is 0 Å². The Bertz CT molecular complexity index is 391. The summed E-state index contributed by atoms with van der Waals surface area (Å²) in [6.45, 7) is -0.150. The highest BCUT2D eigenvalue weighted by Crippen LogP contribution is 2.22. The predicted molar refractivity (Wildman–Crippen MR) is 79.1 cm³/mol. The highest BCUT2D eigenvalue weighted by molar-refractivity contribution is 5.97. The average molecular weight is 295 g/mol. The van der Waals surface area contributed by atoms with E-state index in [0.717, 1.165) is 12.8 Å². The van der Waals surface area contributed by atoms with Crippen LogP contribution in [0.4, 0.5) is 0 Å². The predicted octanol–water partition coefficient (Wildman–Crippen LogP) is 0.472. The minimum atomic E-state index is -0.441. The van der Waals surface area contributed by atoms with E-state index in [0.29, 0.717) is 6.04 Å². The van der Waals surface area contributed by atoms with E-state index in [1.807, 2.05) is 18.0 Å². The molecule has 0 aliphatic heterocycles. The van der Waals surface area contributed by atoms with Gasteiger partial charge in [0.1, 0.15) is 11.6 Å². The van der Waals surface area contributed by atoms with Gasteiger partial charge in [0, 0.05) is 32.4 Å². The fourth-order valence-electron chi connectivity index (χ4n) is 2.66. The second kappa shape index (κ2) is 9.37. The zero-order valence-electron chi connectivity index (χ0n) is 12.7. The van der Waals surface area contributed by atoms with Gasteiger partial charge in [0.2, 0.25) is 0 Å². The van der Waals surface area contributed by atoms with Crippen molar-refractivity contribution >= 4 is 5.91 Å². The van der Waals surface area contributed by atoms with E-state index in [-0.39, 0.29) is 31.9 Å². The third-order valence-corrected chi connectivity index (χ3v) is 3.86. The van der Waals surface area contributed by atoms with E-state index >= 15 is 0 Å². The van der Waals surface area contributed by atoms with Gasteiger partial charge in [-0.05, 0) is 12.8 Å². The van der Waals surface area contributed by atoms with Crippen LogP contribution in [-0.4, -0.2) is 65.3 Å². The molecule has 1 saturated carbocycles. The normalized spacial score (nSPS) is 16.4. The maximum absolute atomic E-state index is 12.3. The lowest BCUT2D eigenvalue weighted by atomic mass is 9.94. The summed E-state index contributed by atoms with van der Waals surface area (Å²) >= 11 is 0. The molecule has 0 aromatic rings. The van der Waals surface area contributed by atoms with Crippen LogP contribution in [0, 0.1) is 11.3 Å². The second-order valence-electron chi connectivity index (χ2n) is 5.35. The molecule has 21 heavy (non-hydrogen) atoms. The Morgan fingerprint density at radius 2 is 1.81 bits per heavy atom. The van der Waals surface area contributed by atoms with Crippen LogP contribution in [0.3, 0.4) is 0 Å². The molecule has 0 spiro atoms. The van der Waals surface area contributed by atoms with Gasteiger partial charge in [-0.15, -0.1) is 0 Å². The van der Waals surface area contributed by atoms with Crippen LogP contribution in [0.1, 0.15) is 32.1 Å². The van der Waals surface area contributed by atoms with Gasteiger partial charge < -0.3 is 20.0 Å². The molecule has 0 radical (unpaired) electrons. The third-order valence-electron chi connectivity index (χ3n) is 3.86. The average Bonchev–Trinajstić information content (AvgIpc) is 2.52. The number of aliphatic hydroxyl groups excluding tert-OH is 2. The summed E-state index contributed by atoms with van der Waals surface area (Å²) in [6, 6.07) is 2.31. The molecule has 1 amide bonds. The number of rotatable bonds is 7. The summed E-state index contributed by atoms with van der Waals surface area (Å²) in [5.74, 6) is -0.441. The van der Waals surface area contributed by atoms with Crippen LogP contribution in [-0.2, 0) is 4.79 Å². The quantitative estimate of drug-likeness (QED) is 0.526. The van der Waals surface area contributed by atoms with Gasteiger partial charge >= 0.3 is 0 Å². The van der Waals surface area contributed by atoms with Crippen LogP contribution < -0.4 is 0 Å². The zero-order chi connectivity index (χ0) is 15.7. The maximum Gasteiger partial charge on any atom is 0.266 e. The SMILES string of the molecule is CN(/C=C(/C#N)C(=O)N(CCO)CCO)C1CCCCC1. The van der Waals surface area contributed by atoms with Crippen molar-refractivity contribution in [3.05, 3.63) is 11.8 Å². The largest absolute Gasteiger partial charge is 0.395 e. The topological polar surface area (TPSA) is 87.8 Å². The van der Waals surface area contributed by atoms with Gasteiger partial charge in [-0.2, -0.15) is 5.26 Å². The Labute approximate surface area is 126 Å². The molecule has 0 saturated heterocycles. The number of carbonyl (C=O) groups excluding carboxylic acids is 1. The Hall–Kier alpha value is -1.58. The van der Waals surface area contributed by atoms with Crippen molar-refractivity contribution in [2.45, 2.75) is 38.1 Å². The number of carbonyl (C=O) groups is 1. The molecular weight excluding hydrogens is 270 g/mol. The van der Waals surface area contributed by atoms with Gasteiger partial charge in [-0.1, -0.05) is 19.3 Å². The van der Waals surface area contributed by atoms with Crippen molar-refractivity contribution in [3.63, 3.8) is 0 Å². The van der Waals surface area contributed by atoms with Crippen LogP contribution in [0.2, 0.25) is 0 Å². The molecular formula is C15H25N3O3. The van der Waals surface area contributed by atoms with E-state index in [2.05, 4.69) is 0 Å². The number of hydrogen-bond donors (Lipinski definition) is 2. The van der Waals surface area contributed by atoms with E-state index in [4.69, 9.17) is 10.2 Å². The van der Waals surface area contributed by atoms with Gasteiger partial charge in [0.15, 0.2) is 0 Å². The number of hydrogen-bond acceptors (Lipinski definition) is 5. The van der Waals surface area contributed by atoms with Crippen molar-refractivity contribution in [3.8, 4) is 6.07 Å². The van der Waals surface area contributed by atoms with Crippen molar-refractivity contribution in [1.29, 1.82) is 5.26 Å². The second-order valence-corrected chi connectivity index (χ2v) is 5.35. The molecule has 0 atom stereocenters. The standard InChI is InChI=1S/C15H25N3O3/c1-17(14-5-3-2-4-6-14)12-13(11-16)15(21)18(7-9-19)8-10-20/h12,14,19-20H,2-10H2,1H3/b13-12-. The molecule has 6 nitrogen and oxygen atoms in total. The third kappa shape index (κ3) is 5.37. The van der Waals surface area contributed by atoms with E-state index in [1.165, 1.54) is 24.2 Å². The molecule has 1 fully saturated rings. The van der Waals surface area contributed by atoms with Gasteiger partial charge in [0.05, 0.1) is 13.2 Å². The summed E-state index contributed by atoms with van der Waals surface area (Å²) in [5.41, 5.74) is 0.0463. The summed E-state index contributed by atoms with van der Waals surface area (Å²) in [5, 5.41) is 27.1. The molecule has 1 rings (SSSR count). The fourth-order valence-corrected chi connectivity index (χ4v) is 2.66. The van der Waals surface area contributed by atoms with Crippen molar-refractivity contribution in [2.75, 3.05) is 33.4 Å². The number of nitrogens with zero attached hydrogens (tertiary/aromatic N) is 3. The lowest BCUT2D eigenvalue weighted by Gasteiger charge is -2.30. The van der Waals surface area contributed by atoms with Gasteiger partial charge in [0.25, 0.3) is 5.91 Å². The van der Waals surface area contributed by atoms with Crippen LogP contribution in [0.25, 0.3) is 0 Å². The first-order chi connectivity index (χ1) is 10.1. The summed E-state index contributed by atoms with van der Waals surface area (Å²) in [7, 11) is 1.89. The number of amides is 1. The first-order valence-corrected chi connectivity index (χ1v) is 7.49. The highest BCUT2D eigenvalue weighted by atomic mass is 16.3. The van der Waals surface area contributed by atoms with Crippen LogP contribution in [0.5, 0.6) is 0 Å². The minimum Gasteiger partial charge on any atom is -0.395 e. The molecule has 118 valence electrons. The molecule has 0 unspecified atom stereocenters. The molecule has 6 heteroatoms. The van der Waals surface area contributed by atoms with Crippen molar-refractivity contribution in [1.82, 2.24) is 9.80 Å². The maximum atomic E-state index is 12.3. The molecule has 1 aliphatic rings. The highest BCUT2D eigenvalue weighted by Gasteiger charge is 2.21. The first-order valence-electron chi connectivity index (χ1n) is 7.49. The summed E-state index contributed by atoms with van der Waals surface area (Å²) in [4.78, 5) is 15.5. The Morgan fingerprint density at radius 3 is 2.29 bits per heavy atom. The Morgan fingerprint density at radius 1 is 1.24 bits per heavy atom. The molecule has 0 aromatic carbocycles. The lowest BCUT2D eigenvalue weighted by molar-refractivity contribution is -0.127. The van der Waals surface area contributed by atoms with Crippen molar-refractivity contribution in [2.24, 2.45) is 0 Å². The smallest absolute Gasteiger partial charge is 0.266 e. The molecule has 2 N–H and O–H groups in total. The van der Waals surface area contributed by atoms with E-state index < -0.39 is 5.91 Å². The molecule has 0 bridgehead atoms. The number of nitriles is 1. The summed E-state index contributed by atoms with van der Waals surface area (Å²) in [6.07, 6.45) is 7.37. The van der Waals surface area contributed by atoms with E-state index in [9.17, 15) is 10.1 Å². The Kier molecular flexibility index (Phi) is 7.80. The number of aliphatic hydroxyl groups is 2. The van der Waals surface area contributed by atoms with Crippen molar-refractivity contribution < 1.29 is 15.0 Å².